The summed E-state index contributed by atoms with van der Waals surface area (Å²) >= 11 is 0. The van der Waals surface area contributed by atoms with Gasteiger partial charge in [0.1, 0.15) is 5.82 Å². The fourth-order valence-electron chi connectivity index (χ4n) is 5.24. The number of aromatic nitrogens is 5. The number of aromatic amines is 1. The molecular formula is C30H38FN9O3. The molecule has 0 bridgehead atoms. The van der Waals surface area contributed by atoms with Gasteiger partial charge in [-0.25, -0.2) is 14.2 Å². The van der Waals surface area contributed by atoms with E-state index < -0.39 is 23.2 Å². The molecule has 0 radical (unpaired) electrons. The first-order chi connectivity index (χ1) is 20.3. The van der Waals surface area contributed by atoms with E-state index in [1.165, 1.54) is 6.07 Å². The van der Waals surface area contributed by atoms with Crippen molar-refractivity contribution in [2.45, 2.75) is 71.0 Å². The number of nitrogens with one attached hydrogen (secondary N) is 3. The maximum Gasteiger partial charge on any atom is 0.319 e. The lowest BCUT2D eigenvalue weighted by molar-refractivity contribution is 0.0925. The molecule has 0 spiro atoms. The van der Waals surface area contributed by atoms with E-state index in [0.717, 1.165) is 23.8 Å². The second kappa shape index (κ2) is 11.6. The number of likely N-dealkylation sites (tertiary alicyclic amines) is 1. The van der Waals surface area contributed by atoms with Crippen LogP contribution in [0.25, 0.3) is 22.2 Å². The predicted molar refractivity (Wildman–Crippen MR) is 160 cm³/mol. The van der Waals surface area contributed by atoms with Crippen LogP contribution in [0.4, 0.5) is 15.0 Å². The zero-order valence-electron chi connectivity index (χ0n) is 25.5. The van der Waals surface area contributed by atoms with Gasteiger partial charge in [-0.05, 0) is 49.9 Å². The number of hydrogen-bond donors (Lipinski definition) is 3. The summed E-state index contributed by atoms with van der Waals surface area (Å²) in [6.07, 6.45) is 3.37. The predicted octanol–water partition coefficient (Wildman–Crippen LogP) is 4.88. The van der Waals surface area contributed by atoms with Crippen LogP contribution in [0, 0.1) is 5.82 Å². The summed E-state index contributed by atoms with van der Waals surface area (Å²) in [6, 6.07) is 6.16. The fourth-order valence-corrected chi connectivity index (χ4v) is 5.24. The van der Waals surface area contributed by atoms with Gasteiger partial charge in [-0.15, -0.1) is 0 Å². The van der Waals surface area contributed by atoms with Crippen molar-refractivity contribution in [2.75, 3.05) is 26.0 Å². The second-order valence-electron chi connectivity index (χ2n) is 12.4. The van der Waals surface area contributed by atoms with E-state index in [1.54, 1.807) is 44.2 Å². The molecule has 4 heterocycles. The van der Waals surface area contributed by atoms with Crippen molar-refractivity contribution in [1.29, 1.82) is 0 Å². The minimum absolute atomic E-state index is 0.0121. The molecule has 1 aliphatic rings. The topological polar surface area (TPSA) is 145 Å². The highest BCUT2D eigenvalue weighted by atomic mass is 19.1. The van der Waals surface area contributed by atoms with Gasteiger partial charge in [0.2, 0.25) is 5.89 Å². The van der Waals surface area contributed by atoms with E-state index >= 15 is 4.39 Å². The number of nitrogens with zero attached hydrogens (tertiary/aromatic N) is 6. The lowest BCUT2D eigenvalue weighted by Crippen LogP contribution is -2.52. The monoisotopic (exact) mass is 591 g/mol. The van der Waals surface area contributed by atoms with E-state index in [-0.39, 0.29) is 23.9 Å². The van der Waals surface area contributed by atoms with Crippen molar-refractivity contribution >= 4 is 28.8 Å². The van der Waals surface area contributed by atoms with E-state index in [4.69, 9.17) is 4.52 Å². The van der Waals surface area contributed by atoms with Gasteiger partial charge in [-0.3, -0.25) is 9.89 Å². The van der Waals surface area contributed by atoms with E-state index in [9.17, 15) is 9.59 Å². The van der Waals surface area contributed by atoms with Gasteiger partial charge in [-0.1, -0.05) is 38.1 Å². The number of H-pyrrole nitrogens is 1. The molecule has 228 valence electrons. The van der Waals surface area contributed by atoms with Crippen LogP contribution in [0.5, 0.6) is 0 Å². The summed E-state index contributed by atoms with van der Waals surface area (Å²) < 4.78 is 20.7. The molecule has 3 N–H and O–H groups in total. The van der Waals surface area contributed by atoms with Gasteiger partial charge in [0, 0.05) is 49.9 Å². The van der Waals surface area contributed by atoms with Crippen LogP contribution in [0.2, 0.25) is 0 Å². The Morgan fingerprint density at radius 1 is 1.21 bits per heavy atom. The van der Waals surface area contributed by atoms with Crippen molar-refractivity contribution in [1.82, 2.24) is 40.4 Å². The highest BCUT2D eigenvalue weighted by molar-refractivity contribution is 6.00. The van der Waals surface area contributed by atoms with Crippen LogP contribution in [0.3, 0.4) is 0 Å². The molecule has 12 nitrogen and oxygen atoms in total. The lowest BCUT2D eigenvalue weighted by Gasteiger charge is -2.39. The number of amides is 3. The Morgan fingerprint density at radius 2 is 1.98 bits per heavy atom. The number of rotatable bonds is 6. The standard InChI is InChI=1S/C30H38FN9O3/c1-16-8-10-19(15-40(16)29(42)39(6)7)34-25-23-21(12-13-32-24(23)36-37-25)18-9-11-20(22(31)14-18)17(2)33-27(41)26-35-28(43-38-26)30(3,4)5/h9,11-14,16-17,19H,8,10,15H2,1-7H3,(H,33,41)(H2,32,34,36,37)/t16-,17+,19+/m0/s1. The number of fused-ring (bicyclic) bond motifs is 1. The van der Waals surface area contributed by atoms with Crippen LogP contribution in [-0.2, 0) is 5.41 Å². The number of anilines is 1. The first kappa shape index (κ1) is 29.9. The SMILES string of the molecule is C[C@@H](NC(=O)c1noc(C(C)(C)C)n1)c1ccc(-c2ccnc3[nH]nc(N[C@@H]4CC[C@H](C)N(C(=O)N(C)C)C4)c23)cc1F. The highest BCUT2D eigenvalue weighted by Crippen LogP contribution is 2.34. The number of urea groups is 1. The summed E-state index contributed by atoms with van der Waals surface area (Å²) in [4.78, 5) is 37.5. The maximum atomic E-state index is 15.5. The minimum atomic E-state index is -0.650. The minimum Gasteiger partial charge on any atom is -0.364 e. The average molecular weight is 592 g/mol. The van der Waals surface area contributed by atoms with Gasteiger partial charge in [0.05, 0.1) is 11.4 Å². The third-order valence-corrected chi connectivity index (χ3v) is 7.71. The van der Waals surface area contributed by atoms with Gasteiger partial charge in [0.15, 0.2) is 11.5 Å². The van der Waals surface area contributed by atoms with Gasteiger partial charge < -0.3 is 25.0 Å². The van der Waals surface area contributed by atoms with Gasteiger partial charge in [0.25, 0.3) is 11.7 Å². The first-order valence-electron chi connectivity index (χ1n) is 14.4. The molecule has 1 aliphatic heterocycles. The van der Waals surface area contributed by atoms with E-state index in [2.05, 4.69) is 42.9 Å². The summed E-state index contributed by atoms with van der Waals surface area (Å²) in [5, 5.41) is 18.2. The first-order valence-corrected chi connectivity index (χ1v) is 14.4. The Labute approximate surface area is 249 Å². The zero-order chi connectivity index (χ0) is 31.1. The molecule has 0 saturated carbocycles. The van der Waals surface area contributed by atoms with Crippen molar-refractivity contribution in [3.63, 3.8) is 0 Å². The molecule has 1 aromatic carbocycles. The molecule has 0 aliphatic carbocycles. The van der Waals surface area contributed by atoms with Crippen molar-refractivity contribution in [3.8, 4) is 11.1 Å². The summed E-state index contributed by atoms with van der Waals surface area (Å²) in [7, 11) is 3.50. The van der Waals surface area contributed by atoms with Crippen molar-refractivity contribution in [3.05, 3.63) is 53.6 Å². The molecule has 5 rings (SSSR count). The van der Waals surface area contributed by atoms with Gasteiger partial charge >= 0.3 is 6.03 Å². The third kappa shape index (κ3) is 6.15. The molecule has 1 saturated heterocycles. The van der Waals surface area contributed by atoms with Crippen LogP contribution < -0.4 is 10.6 Å². The number of halogens is 1. The van der Waals surface area contributed by atoms with E-state index in [1.807, 2.05) is 31.7 Å². The summed E-state index contributed by atoms with van der Waals surface area (Å²) in [6.45, 7) is 10.00. The Bertz CT molecular complexity index is 1640. The molecule has 43 heavy (non-hydrogen) atoms. The van der Waals surface area contributed by atoms with Crippen LogP contribution in [0.1, 0.15) is 75.6 Å². The molecular weight excluding hydrogens is 553 g/mol. The summed E-state index contributed by atoms with van der Waals surface area (Å²) in [5.41, 5.74) is 1.85. The molecule has 3 atom stereocenters. The fraction of sp³-hybridized carbons (Fsp3) is 0.467. The second-order valence-corrected chi connectivity index (χ2v) is 12.4. The molecule has 4 aromatic rings. The van der Waals surface area contributed by atoms with Crippen molar-refractivity contribution < 1.29 is 18.5 Å². The smallest absolute Gasteiger partial charge is 0.319 e. The number of piperidine rings is 1. The van der Waals surface area contributed by atoms with Crippen molar-refractivity contribution in [2.24, 2.45) is 0 Å². The highest BCUT2D eigenvalue weighted by Gasteiger charge is 2.31. The molecule has 0 unspecified atom stereocenters. The third-order valence-electron chi connectivity index (χ3n) is 7.71. The molecule has 13 heteroatoms. The Kier molecular flexibility index (Phi) is 8.08. The Morgan fingerprint density at radius 3 is 2.65 bits per heavy atom. The number of carbonyl (C=O) groups is 2. The molecule has 1 fully saturated rings. The maximum absolute atomic E-state index is 15.5. The number of hydrogen-bond acceptors (Lipinski definition) is 8. The molecule has 3 aromatic heterocycles. The molecule has 3 amide bonds. The quantitative estimate of drug-likeness (QED) is 0.288. The van der Waals surface area contributed by atoms with Crippen LogP contribution in [0.15, 0.2) is 35.0 Å². The Hall–Kier alpha value is -4.55. The zero-order valence-corrected chi connectivity index (χ0v) is 25.5. The van der Waals surface area contributed by atoms with Gasteiger partial charge in [-0.2, -0.15) is 10.1 Å². The van der Waals surface area contributed by atoms with Crippen LogP contribution >= 0.6 is 0 Å². The Balaban J connectivity index is 1.36. The largest absolute Gasteiger partial charge is 0.364 e. The lowest BCUT2D eigenvalue weighted by atomic mass is 9.97. The number of benzene rings is 1. The summed E-state index contributed by atoms with van der Waals surface area (Å²) in [5.74, 6) is -0.196. The normalized spacial score (nSPS) is 18.0. The average Bonchev–Trinajstić information content (AvgIpc) is 3.62. The van der Waals surface area contributed by atoms with E-state index in [0.29, 0.717) is 35.0 Å². The number of carbonyl (C=O) groups excluding carboxylic acids is 2. The number of pyridine rings is 1. The van der Waals surface area contributed by atoms with Crippen LogP contribution in [-0.4, -0.2) is 79.8 Å².